The highest BCUT2D eigenvalue weighted by atomic mass is 32.2. The summed E-state index contributed by atoms with van der Waals surface area (Å²) in [7, 11) is -3.83. The SMILES string of the molecule is CCCN(Cc1ccc(C#N)cc1)C(=O)c1cccc(S(=O)(=O)N(CC)c2ccccc2)c1. The number of carbonyl (C=O) groups excluding carboxylic acids is 1. The average Bonchev–Trinajstić information content (AvgIpc) is 2.85. The maximum absolute atomic E-state index is 13.4. The molecule has 0 bridgehead atoms. The van der Waals surface area contributed by atoms with E-state index in [1.165, 1.54) is 16.4 Å². The second-order valence-electron chi connectivity index (χ2n) is 7.57. The molecule has 0 aromatic heterocycles. The largest absolute Gasteiger partial charge is 0.334 e. The third-order valence-electron chi connectivity index (χ3n) is 5.24. The molecular weight excluding hydrogens is 434 g/mol. The Labute approximate surface area is 195 Å². The molecule has 0 atom stereocenters. The van der Waals surface area contributed by atoms with Crippen molar-refractivity contribution in [3.63, 3.8) is 0 Å². The Morgan fingerprint density at radius 2 is 1.64 bits per heavy atom. The zero-order chi connectivity index (χ0) is 23.8. The molecule has 3 rings (SSSR count). The van der Waals surface area contributed by atoms with Gasteiger partial charge in [-0.25, -0.2) is 8.42 Å². The van der Waals surface area contributed by atoms with Crippen LogP contribution in [-0.4, -0.2) is 32.3 Å². The predicted octanol–water partition coefficient (Wildman–Crippen LogP) is 4.83. The summed E-state index contributed by atoms with van der Waals surface area (Å²) in [6.07, 6.45) is 0.762. The van der Waals surface area contributed by atoms with Gasteiger partial charge in [-0.05, 0) is 61.4 Å². The lowest BCUT2D eigenvalue weighted by atomic mass is 10.1. The Bertz CT molecular complexity index is 1230. The van der Waals surface area contributed by atoms with Crippen molar-refractivity contribution >= 4 is 21.6 Å². The summed E-state index contributed by atoms with van der Waals surface area (Å²) in [5.74, 6) is -0.235. The van der Waals surface area contributed by atoms with Crippen LogP contribution in [0, 0.1) is 11.3 Å². The Kier molecular flexibility index (Phi) is 7.86. The van der Waals surface area contributed by atoms with E-state index in [1.54, 1.807) is 60.4 Å². The number of sulfonamides is 1. The maximum atomic E-state index is 13.4. The third-order valence-corrected chi connectivity index (χ3v) is 7.14. The molecule has 0 aliphatic carbocycles. The van der Waals surface area contributed by atoms with Crippen molar-refractivity contribution < 1.29 is 13.2 Å². The van der Waals surface area contributed by atoms with E-state index in [9.17, 15) is 13.2 Å². The number of nitrogens with zero attached hydrogens (tertiary/aromatic N) is 3. The van der Waals surface area contributed by atoms with Crippen LogP contribution in [0.4, 0.5) is 5.69 Å². The predicted molar refractivity (Wildman–Crippen MR) is 129 cm³/mol. The zero-order valence-electron chi connectivity index (χ0n) is 18.8. The van der Waals surface area contributed by atoms with E-state index in [4.69, 9.17) is 5.26 Å². The zero-order valence-corrected chi connectivity index (χ0v) is 19.6. The van der Waals surface area contributed by atoms with Gasteiger partial charge < -0.3 is 4.90 Å². The molecule has 7 heteroatoms. The number of carbonyl (C=O) groups is 1. The molecule has 3 aromatic rings. The first-order chi connectivity index (χ1) is 15.9. The van der Waals surface area contributed by atoms with Gasteiger partial charge in [-0.1, -0.05) is 43.3 Å². The normalized spacial score (nSPS) is 10.9. The van der Waals surface area contributed by atoms with Gasteiger partial charge in [0.05, 0.1) is 22.2 Å². The topological polar surface area (TPSA) is 81.5 Å². The lowest BCUT2D eigenvalue weighted by Gasteiger charge is -2.24. The van der Waals surface area contributed by atoms with Crippen LogP contribution in [0.2, 0.25) is 0 Å². The Morgan fingerprint density at radius 1 is 0.939 bits per heavy atom. The minimum atomic E-state index is -3.83. The van der Waals surface area contributed by atoms with Crippen molar-refractivity contribution in [3.8, 4) is 6.07 Å². The minimum Gasteiger partial charge on any atom is -0.334 e. The second-order valence-corrected chi connectivity index (χ2v) is 9.43. The molecule has 3 aromatic carbocycles. The fourth-order valence-corrected chi connectivity index (χ4v) is 5.13. The maximum Gasteiger partial charge on any atom is 0.264 e. The van der Waals surface area contributed by atoms with E-state index < -0.39 is 10.0 Å². The Hall–Kier alpha value is -3.63. The van der Waals surface area contributed by atoms with E-state index in [0.717, 1.165) is 12.0 Å². The molecule has 0 aliphatic rings. The number of nitriles is 1. The van der Waals surface area contributed by atoms with Crippen LogP contribution < -0.4 is 4.31 Å². The quantitative estimate of drug-likeness (QED) is 0.457. The molecule has 0 aliphatic heterocycles. The number of benzene rings is 3. The van der Waals surface area contributed by atoms with Crippen molar-refractivity contribution in [2.24, 2.45) is 0 Å². The standard InChI is InChI=1S/C26H27N3O3S/c1-3-17-28(20-22-15-13-21(19-27)14-16-22)26(30)23-9-8-12-25(18-23)33(31,32)29(4-2)24-10-6-5-7-11-24/h5-16,18H,3-4,17,20H2,1-2H3. The van der Waals surface area contributed by atoms with E-state index in [1.807, 2.05) is 25.1 Å². The van der Waals surface area contributed by atoms with Crippen LogP contribution in [0.3, 0.4) is 0 Å². The molecule has 1 amide bonds. The Balaban J connectivity index is 1.89. The van der Waals surface area contributed by atoms with Crippen molar-refractivity contribution in [2.45, 2.75) is 31.7 Å². The van der Waals surface area contributed by atoms with Crippen molar-refractivity contribution in [2.75, 3.05) is 17.4 Å². The monoisotopic (exact) mass is 461 g/mol. The lowest BCUT2D eigenvalue weighted by molar-refractivity contribution is 0.0743. The number of hydrogen-bond acceptors (Lipinski definition) is 4. The first-order valence-electron chi connectivity index (χ1n) is 10.9. The molecule has 0 unspecified atom stereocenters. The van der Waals surface area contributed by atoms with Crippen LogP contribution in [-0.2, 0) is 16.6 Å². The number of para-hydroxylation sites is 1. The van der Waals surface area contributed by atoms with E-state index in [-0.39, 0.29) is 17.3 Å². The van der Waals surface area contributed by atoms with Crippen LogP contribution in [0.25, 0.3) is 0 Å². The first kappa shape index (κ1) is 24.0. The van der Waals surface area contributed by atoms with E-state index in [2.05, 4.69) is 6.07 Å². The highest BCUT2D eigenvalue weighted by Gasteiger charge is 2.25. The van der Waals surface area contributed by atoms with Gasteiger partial charge >= 0.3 is 0 Å². The highest BCUT2D eigenvalue weighted by molar-refractivity contribution is 7.92. The molecule has 170 valence electrons. The van der Waals surface area contributed by atoms with Crippen molar-refractivity contribution in [1.29, 1.82) is 5.26 Å². The summed E-state index contributed by atoms with van der Waals surface area (Å²) < 4.78 is 28.1. The number of rotatable bonds is 9. The minimum absolute atomic E-state index is 0.0777. The molecule has 33 heavy (non-hydrogen) atoms. The average molecular weight is 462 g/mol. The summed E-state index contributed by atoms with van der Waals surface area (Å²) in [5.41, 5.74) is 2.36. The van der Waals surface area contributed by atoms with Gasteiger partial charge in [-0.15, -0.1) is 0 Å². The fraction of sp³-hybridized carbons (Fsp3) is 0.231. The summed E-state index contributed by atoms with van der Waals surface area (Å²) in [6, 6.07) is 24.3. The van der Waals surface area contributed by atoms with Gasteiger partial charge in [-0.2, -0.15) is 5.26 Å². The van der Waals surface area contributed by atoms with Crippen LogP contribution in [0.1, 0.15) is 41.8 Å². The van der Waals surface area contributed by atoms with Gasteiger partial charge in [0.2, 0.25) is 0 Å². The second kappa shape index (κ2) is 10.8. The summed E-state index contributed by atoms with van der Waals surface area (Å²) in [6.45, 7) is 4.94. The smallest absolute Gasteiger partial charge is 0.264 e. The number of amides is 1. The third kappa shape index (κ3) is 5.60. The van der Waals surface area contributed by atoms with Crippen molar-refractivity contribution in [3.05, 3.63) is 95.6 Å². The molecule has 0 saturated carbocycles. The number of anilines is 1. The van der Waals surface area contributed by atoms with Crippen LogP contribution >= 0.6 is 0 Å². The van der Waals surface area contributed by atoms with Gasteiger partial charge in [0.25, 0.3) is 15.9 Å². The molecule has 0 heterocycles. The van der Waals surface area contributed by atoms with Crippen molar-refractivity contribution in [1.82, 2.24) is 4.90 Å². The van der Waals surface area contributed by atoms with Crippen LogP contribution in [0.15, 0.2) is 83.8 Å². The van der Waals surface area contributed by atoms with Crippen LogP contribution in [0.5, 0.6) is 0 Å². The molecule has 0 fully saturated rings. The molecule has 0 spiro atoms. The molecule has 6 nitrogen and oxygen atoms in total. The van der Waals surface area contributed by atoms with E-state index >= 15 is 0 Å². The van der Waals surface area contributed by atoms with Gasteiger partial charge in [-0.3, -0.25) is 9.10 Å². The Morgan fingerprint density at radius 3 is 2.24 bits per heavy atom. The number of hydrogen-bond donors (Lipinski definition) is 0. The van der Waals surface area contributed by atoms with E-state index in [0.29, 0.717) is 29.9 Å². The lowest BCUT2D eigenvalue weighted by Crippen LogP contribution is -2.32. The van der Waals surface area contributed by atoms with Gasteiger partial charge in [0.15, 0.2) is 0 Å². The fourth-order valence-electron chi connectivity index (χ4n) is 3.61. The first-order valence-corrected chi connectivity index (χ1v) is 12.3. The molecule has 0 radical (unpaired) electrons. The summed E-state index contributed by atoms with van der Waals surface area (Å²) in [5, 5.41) is 8.99. The highest BCUT2D eigenvalue weighted by Crippen LogP contribution is 2.24. The van der Waals surface area contributed by atoms with Gasteiger partial charge in [0.1, 0.15) is 0 Å². The van der Waals surface area contributed by atoms with Gasteiger partial charge in [0, 0.05) is 25.2 Å². The molecule has 0 N–H and O–H groups in total. The molecular formula is C26H27N3O3S. The summed E-state index contributed by atoms with van der Waals surface area (Å²) in [4.78, 5) is 15.1. The molecule has 0 saturated heterocycles. The summed E-state index contributed by atoms with van der Waals surface area (Å²) >= 11 is 0.